The van der Waals surface area contributed by atoms with E-state index in [0.717, 1.165) is 5.33 Å². The minimum atomic E-state index is -0.441. The molecule has 1 fully saturated rings. The zero-order valence-corrected chi connectivity index (χ0v) is 12.3. The topological polar surface area (TPSA) is 59.5 Å². The maximum absolute atomic E-state index is 11.8. The number of rotatable bonds is 4. The Kier molecular flexibility index (Phi) is 4.34. The van der Waals surface area contributed by atoms with Gasteiger partial charge in [0.25, 0.3) is 0 Å². The van der Waals surface area contributed by atoms with Gasteiger partial charge in [-0.1, -0.05) is 15.9 Å². The lowest BCUT2D eigenvalue weighted by Gasteiger charge is -2.11. The van der Waals surface area contributed by atoms with Crippen molar-refractivity contribution in [3.8, 4) is 0 Å². The Morgan fingerprint density at radius 1 is 1.72 bits per heavy atom. The molecule has 18 heavy (non-hydrogen) atoms. The predicted molar refractivity (Wildman–Crippen MR) is 72.3 cm³/mol. The molecule has 0 radical (unpaired) electrons. The fourth-order valence-electron chi connectivity index (χ4n) is 1.76. The highest BCUT2D eigenvalue weighted by molar-refractivity contribution is 9.09. The zero-order chi connectivity index (χ0) is 13.1. The maximum atomic E-state index is 11.8. The molecule has 1 unspecified atom stereocenters. The largest absolute Gasteiger partial charge is 0.461 e. The van der Waals surface area contributed by atoms with Crippen LogP contribution in [0.4, 0.5) is 5.13 Å². The molecule has 0 N–H and O–H groups in total. The molecule has 2 heterocycles. The Hall–Kier alpha value is -0.950. The van der Waals surface area contributed by atoms with Crippen molar-refractivity contribution in [2.45, 2.75) is 13.3 Å². The Balaban J connectivity index is 2.11. The Bertz CT molecular complexity index is 463. The van der Waals surface area contributed by atoms with Gasteiger partial charge >= 0.3 is 5.97 Å². The van der Waals surface area contributed by atoms with Crippen molar-refractivity contribution in [3.63, 3.8) is 0 Å². The fourth-order valence-corrected chi connectivity index (χ4v) is 3.01. The average molecular weight is 333 g/mol. The Labute approximate surface area is 117 Å². The maximum Gasteiger partial charge on any atom is 0.357 e. The molecule has 2 rings (SSSR count). The molecule has 1 aromatic heterocycles. The summed E-state index contributed by atoms with van der Waals surface area (Å²) in [5.74, 6) is -0.0691. The number of aromatic nitrogens is 1. The van der Waals surface area contributed by atoms with Gasteiger partial charge in [0.1, 0.15) is 0 Å². The second-order valence-electron chi connectivity index (χ2n) is 3.96. The van der Waals surface area contributed by atoms with Crippen LogP contribution in [0.1, 0.15) is 23.8 Å². The first kappa shape index (κ1) is 13.5. The number of esters is 1. The van der Waals surface area contributed by atoms with Gasteiger partial charge in [-0.05, 0) is 12.8 Å². The van der Waals surface area contributed by atoms with E-state index in [-0.39, 0.29) is 11.6 Å². The predicted octanol–water partition coefficient (Wildman–Crippen LogP) is 2.07. The summed E-state index contributed by atoms with van der Waals surface area (Å²) in [7, 11) is 0. The van der Waals surface area contributed by atoms with Crippen LogP contribution in [0, 0.1) is 5.92 Å². The lowest BCUT2D eigenvalue weighted by atomic mass is 10.2. The van der Waals surface area contributed by atoms with E-state index in [1.807, 2.05) is 0 Å². The first-order valence-electron chi connectivity index (χ1n) is 5.64. The molecule has 0 aromatic carbocycles. The van der Waals surface area contributed by atoms with E-state index in [2.05, 4.69) is 20.9 Å². The summed E-state index contributed by atoms with van der Waals surface area (Å²) in [5, 5.41) is 3.00. The number of hydrogen-bond donors (Lipinski definition) is 0. The third kappa shape index (κ3) is 2.72. The van der Waals surface area contributed by atoms with Crippen LogP contribution in [0.15, 0.2) is 5.38 Å². The van der Waals surface area contributed by atoms with Gasteiger partial charge in [-0.2, -0.15) is 0 Å². The van der Waals surface area contributed by atoms with Gasteiger partial charge < -0.3 is 4.74 Å². The number of halogens is 1. The zero-order valence-electron chi connectivity index (χ0n) is 9.89. The number of carbonyl (C=O) groups is 2. The van der Waals surface area contributed by atoms with Crippen LogP contribution in [-0.2, 0) is 9.53 Å². The molecule has 1 aromatic rings. The van der Waals surface area contributed by atoms with Crippen molar-refractivity contribution >= 4 is 44.3 Å². The number of carbonyl (C=O) groups excluding carboxylic acids is 2. The minimum Gasteiger partial charge on any atom is -0.461 e. The van der Waals surface area contributed by atoms with E-state index in [1.165, 1.54) is 11.3 Å². The number of nitrogens with zero attached hydrogens (tertiary/aromatic N) is 2. The molecule has 0 aliphatic carbocycles. The molecule has 98 valence electrons. The van der Waals surface area contributed by atoms with Gasteiger partial charge in [-0.3, -0.25) is 9.69 Å². The Morgan fingerprint density at radius 2 is 2.50 bits per heavy atom. The van der Waals surface area contributed by atoms with E-state index in [1.54, 1.807) is 17.2 Å². The number of anilines is 1. The van der Waals surface area contributed by atoms with Crippen LogP contribution in [0.5, 0.6) is 0 Å². The Morgan fingerprint density at radius 3 is 3.11 bits per heavy atom. The summed E-state index contributed by atoms with van der Waals surface area (Å²) in [6.07, 6.45) is 0.527. The quantitative estimate of drug-likeness (QED) is 0.625. The van der Waals surface area contributed by atoms with Crippen molar-refractivity contribution in [2.75, 3.05) is 23.4 Å². The highest BCUT2D eigenvalue weighted by Gasteiger charge is 2.32. The molecule has 1 atom stereocenters. The molecular weight excluding hydrogens is 320 g/mol. The van der Waals surface area contributed by atoms with Gasteiger partial charge in [0.05, 0.1) is 6.61 Å². The summed E-state index contributed by atoms with van der Waals surface area (Å²) in [6.45, 7) is 2.72. The summed E-state index contributed by atoms with van der Waals surface area (Å²) < 4.78 is 4.87. The molecular formula is C11H13BrN2O3S. The van der Waals surface area contributed by atoms with E-state index in [4.69, 9.17) is 4.74 Å². The smallest absolute Gasteiger partial charge is 0.357 e. The second-order valence-corrected chi connectivity index (χ2v) is 5.45. The minimum absolute atomic E-state index is 0.0595. The van der Waals surface area contributed by atoms with Crippen LogP contribution in [0.2, 0.25) is 0 Å². The molecule has 7 heteroatoms. The highest BCUT2D eigenvalue weighted by Crippen LogP contribution is 2.28. The van der Waals surface area contributed by atoms with E-state index < -0.39 is 5.97 Å². The van der Waals surface area contributed by atoms with Crippen molar-refractivity contribution in [2.24, 2.45) is 5.92 Å². The van der Waals surface area contributed by atoms with E-state index in [0.29, 0.717) is 30.6 Å². The van der Waals surface area contributed by atoms with Gasteiger partial charge in [0.15, 0.2) is 10.8 Å². The third-order valence-corrected chi connectivity index (χ3v) is 4.41. The van der Waals surface area contributed by atoms with Gasteiger partial charge in [0, 0.05) is 23.7 Å². The van der Waals surface area contributed by atoms with Gasteiger partial charge in [-0.15, -0.1) is 11.3 Å². The highest BCUT2D eigenvalue weighted by atomic mass is 79.9. The molecule has 0 saturated carbocycles. The second kappa shape index (κ2) is 5.79. The van der Waals surface area contributed by atoms with Crippen LogP contribution < -0.4 is 4.90 Å². The SMILES string of the molecule is CCOC(=O)c1csc(N2CC(CBr)CC2=O)n1. The summed E-state index contributed by atoms with van der Waals surface area (Å²) in [5.41, 5.74) is 0.270. The summed E-state index contributed by atoms with van der Waals surface area (Å²) in [4.78, 5) is 29.1. The van der Waals surface area contributed by atoms with E-state index in [9.17, 15) is 9.59 Å². The van der Waals surface area contributed by atoms with Crippen LogP contribution >= 0.6 is 27.3 Å². The number of hydrogen-bond acceptors (Lipinski definition) is 5. The van der Waals surface area contributed by atoms with Crippen molar-refractivity contribution < 1.29 is 14.3 Å². The standard InChI is InChI=1S/C11H13BrN2O3S/c1-2-17-10(16)8-6-18-11(13-8)14-5-7(4-12)3-9(14)15/h6-7H,2-5H2,1H3. The van der Waals surface area contributed by atoms with Crippen LogP contribution in [0.25, 0.3) is 0 Å². The molecule has 1 saturated heterocycles. The molecule has 1 amide bonds. The van der Waals surface area contributed by atoms with Gasteiger partial charge in [0.2, 0.25) is 5.91 Å². The van der Waals surface area contributed by atoms with Gasteiger partial charge in [-0.25, -0.2) is 9.78 Å². The lowest BCUT2D eigenvalue weighted by molar-refractivity contribution is -0.117. The average Bonchev–Trinajstić information content (AvgIpc) is 2.95. The molecule has 5 nitrogen and oxygen atoms in total. The molecule has 1 aliphatic heterocycles. The normalized spacial score (nSPS) is 19.3. The first-order chi connectivity index (χ1) is 8.65. The third-order valence-electron chi connectivity index (χ3n) is 2.63. The monoisotopic (exact) mass is 332 g/mol. The molecule has 0 bridgehead atoms. The number of ether oxygens (including phenoxy) is 1. The van der Waals surface area contributed by atoms with Crippen molar-refractivity contribution in [3.05, 3.63) is 11.1 Å². The molecule has 1 aliphatic rings. The summed E-state index contributed by atoms with van der Waals surface area (Å²) >= 11 is 4.68. The lowest BCUT2D eigenvalue weighted by Crippen LogP contribution is -2.24. The first-order valence-corrected chi connectivity index (χ1v) is 7.64. The van der Waals surface area contributed by atoms with Crippen molar-refractivity contribution in [1.29, 1.82) is 0 Å². The fraction of sp³-hybridized carbons (Fsp3) is 0.545. The van der Waals surface area contributed by atoms with Crippen LogP contribution in [-0.4, -0.2) is 35.3 Å². The van der Waals surface area contributed by atoms with Crippen LogP contribution in [0.3, 0.4) is 0 Å². The van der Waals surface area contributed by atoms with Crippen molar-refractivity contribution in [1.82, 2.24) is 4.98 Å². The number of amides is 1. The van der Waals surface area contributed by atoms with E-state index >= 15 is 0 Å². The molecule has 0 spiro atoms. The number of thiazole rings is 1. The summed E-state index contributed by atoms with van der Waals surface area (Å²) in [6, 6.07) is 0. The number of alkyl halides is 1.